The number of aliphatic hydroxyl groups is 2. The number of cyclic esters (lactones) is 1. The molecule has 10 heterocycles. The molecule has 4 saturated heterocycles. The van der Waals surface area contributed by atoms with Gasteiger partial charge in [0.05, 0.1) is 43.3 Å². The van der Waals surface area contributed by atoms with E-state index in [-0.39, 0.29) is 92.5 Å². The largest absolute Gasteiger partial charge is 0.460 e. The topological polar surface area (TPSA) is 399 Å². The smallest absolute Gasteiger partial charge is 0.329 e. The number of aryl methyl sites for hydroxylation is 2. The number of H-pyrrole nitrogens is 1. The van der Waals surface area contributed by atoms with Crippen LogP contribution in [0.5, 0.6) is 0 Å². The number of ketones is 4. The number of nitrogens with one attached hydrogen (secondary N) is 1. The third kappa shape index (κ3) is 25.3. The van der Waals surface area contributed by atoms with Gasteiger partial charge < -0.3 is 73.7 Å². The van der Waals surface area contributed by atoms with E-state index in [1.165, 1.54) is 18.3 Å². The molecule has 3 amide bonds. The van der Waals surface area contributed by atoms with Crippen molar-refractivity contribution in [2.75, 3.05) is 111 Å². The number of esters is 2. The zero-order chi connectivity index (χ0) is 88.7. The van der Waals surface area contributed by atoms with Crippen molar-refractivity contribution in [2.45, 2.75) is 244 Å². The molecule has 5 aromatic rings. The maximum absolute atomic E-state index is 14.8. The normalized spacial score (nSPS) is 28.5. The van der Waals surface area contributed by atoms with E-state index in [1.54, 1.807) is 66.6 Å². The fourth-order valence-corrected chi connectivity index (χ4v) is 18.1. The molecule has 5 aliphatic heterocycles. The second kappa shape index (κ2) is 45.7. The first-order chi connectivity index (χ1) is 59.6. The van der Waals surface area contributed by atoms with Gasteiger partial charge in [0.15, 0.2) is 11.4 Å². The Hall–Kier alpha value is -9.41. The van der Waals surface area contributed by atoms with Gasteiger partial charge in [-0.05, 0) is 144 Å². The number of nitrogens with zero attached hydrogens (tertiary/aromatic N) is 12. The number of anilines is 2. The molecule has 1 saturated carbocycles. The van der Waals surface area contributed by atoms with Crippen molar-refractivity contribution in [2.24, 2.45) is 35.5 Å². The van der Waals surface area contributed by atoms with E-state index in [0.717, 1.165) is 40.6 Å². The van der Waals surface area contributed by atoms with Crippen LogP contribution >= 0.6 is 0 Å². The van der Waals surface area contributed by atoms with Crippen molar-refractivity contribution >= 4 is 86.6 Å². The quantitative estimate of drug-likeness (QED) is 0.0165. The summed E-state index contributed by atoms with van der Waals surface area (Å²) in [6, 6.07) is 2.74. The van der Waals surface area contributed by atoms with Crippen LogP contribution < -0.4 is 10.6 Å². The molecule has 11 rings (SSSR count). The molecule has 0 radical (unpaired) electrons. The predicted octanol–water partition coefficient (Wildman–Crippen LogP) is 9.23. The number of Topliss-reactive ketones (excluding diaryl/α,β-unsaturated/α-hetero) is 4. The number of aliphatic hydroxyl groups excluding tert-OH is 1. The summed E-state index contributed by atoms with van der Waals surface area (Å²) in [6.07, 6.45) is 22.2. The monoisotopic (exact) mass is 1720 g/mol. The number of piperidine rings is 1. The van der Waals surface area contributed by atoms with Crippen molar-refractivity contribution < 1.29 is 86.5 Å². The van der Waals surface area contributed by atoms with E-state index in [1.807, 2.05) is 88.9 Å². The Kier molecular flexibility index (Phi) is 35.1. The fraction of sp³-hybridized carbons (Fsp3) is 0.641. The highest BCUT2D eigenvalue weighted by atomic mass is 16.6. The number of aromatic amines is 1. The van der Waals surface area contributed by atoms with Gasteiger partial charge >= 0.3 is 11.9 Å². The molecule has 5 N–H and O–H groups in total. The van der Waals surface area contributed by atoms with Crippen molar-refractivity contribution in [3.63, 3.8) is 0 Å². The van der Waals surface area contributed by atoms with Gasteiger partial charge in [-0.2, -0.15) is 5.10 Å². The summed E-state index contributed by atoms with van der Waals surface area (Å²) < 4.78 is 44.1. The maximum Gasteiger partial charge on any atom is 0.329 e. The number of allylic oxidation sites excluding steroid dienone is 6. The number of nitrogen functional groups attached to an aromatic ring is 1. The molecule has 676 valence electrons. The lowest BCUT2D eigenvalue weighted by atomic mass is 9.78. The molecule has 32 heteroatoms. The number of amides is 3. The molecule has 6 aliphatic rings. The molecule has 5 fully saturated rings. The van der Waals surface area contributed by atoms with Crippen LogP contribution in [0.3, 0.4) is 0 Å². The number of ether oxygens (including phenoxy) is 7. The number of piperazine rings is 2. The fourth-order valence-electron chi connectivity index (χ4n) is 18.1. The molecule has 32 nitrogen and oxygen atoms in total. The third-order valence-electron chi connectivity index (χ3n) is 25.9. The molecular formula is C92H130N14O18. The van der Waals surface area contributed by atoms with Gasteiger partial charge in [0.1, 0.15) is 65.5 Å². The lowest BCUT2D eigenvalue weighted by Crippen LogP contribution is -2.61. The highest BCUT2D eigenvalue weighted by Gasteiger charge is 2.53. The van der Waals surface area contributed by atoms with Gasteiger partial charge in [-0.3, -0.25) is 43.3 Å². The Labute approximate surface area is 727 Å². The lowest BCUT2D eigenvalue weighted by Gasteiger charge is -2.42. The molecule has 5 aromatic heterocycles. The number of fused-ring (bicyclic) bond motifs is 5. The van der Waals surface area contributed by atoms with Gasteiger partial charge in [0, 0.05) is 185 Å². The maximum atomic E-state index is 14.8. The number of carbonyl (C=O) groups is 9. The first-order valence-corrected chi connectivity index (χ1v) is 44.7. The van der Waals surface area contributed by atoms with Crippen LogP contribution in [0.2, 0.25) is 0 Å². The summed E-state index contributed by atoms with van der Waals surface area (Å²) in [5, 5.41) is 30.4. The van der Waals surface area contributed by atoms with E-state index in [2.05, 4.69) is 34.8 Å². The Morgan fingerprint density at radius 3 is 2.23 bits per heavy atom. The summed E-state index contributed by atoms with van der Waals surface area (Å²) in [6.45, 7) is 19.3. The van der Waals surface area contributed by atoms with Crippen LogP contribution in [0.15, 0.2) is 90.8 Å². The SMILES string of the molecule is CO[C@H]1C[C@@H]2CC[C@@H](C)[C@@](O)(O2)C(=O)C(=O)N2CCCC[C@H]2C(=O)O[C@H]([C@H](C)C[C@@H]2CC[C@@H](OC(=O)CCc3cnc(N4CCN(C(=O)CCOCCN5CCN(C(=O)CCC(=O)CCCCCn6nc(-c7cnc8[nH]ccc8c7)c7c(N)ncnc76)CC5)CC4)nc3)[C@H](OC)C2)CC(=O)[C@H](C)/C=C(\C)[C@@H](O)[C@@H](OC)C(=O)[C@H](C)C[C@H](C)/C=C/C=C/C=C/1C. The van der Waals surface area contributed by atoms with Crippen molar-refractivity contribution in [1.82, 2.24) is 59.3 Å². The Morgan fingerprint density at radius 1 is 0.734 bits per heavy atom. The van der Waals surface area contributed by atoms with Crippen LogP contribution in [0.4, 0.5) is 11.8 Å². The van der Waals surface area contributed by atoms with Crippen LogP contribution in [0, 0.1) is 35.5 Å². The molecule has 15 atom stereocenters. The summed E-state index contributed by atoms with van der Waals surface area (Å²) in [7, 11) is 4.51. The first-order valence-electron chi connectivity index (χ1n) is 44.7. The standard InChI is InChI=1S/C92H130N14O18/c1-58-19-13-11-14-20-59(2)74(118-8)52-70-27-23-64(7)92(117,124-70)85(114)89(115)105-34-18-16-22-71(105)90(116)123-75(53-72(108)60(3)48-63(6)83(113)84(120-10)82(112)62(5)47-58)61(4)49-65-24-28-73(76(50-65)119-9)122-79(111)30-25-66-54-96-91(97-55-66)104-42-40-103(41-43-104)78(110)32-45-121-46-44-101-36-38-102(39-37-101)77(109)29-26-69(107)21-15-12-17-35-106-88-80(86(93)98-57-99-88)81(100-106)68-51-67-31-33-94-87(67)95-56-68/h11,13-14,19-20,31,33,48,51,54-58,60-62,64-65,70-71,73-76,83-84,113,117H,12,15-18,21-30,32,34-47,49-50,52-53H2,1-10H3,(H,94,95)(H2,93,98,99)/b14-11+,19-13+,59-20+,63-48+/t58-,60-,61-,62-,64-,65+,70+,71+,73-,74+,75+,76-,83-,84+,92-/m1/s1. The predicted molar refractivity (Wildman–Crippen MR) is 464 cm³/mol. The zero-order valence-corrected chi connectivity index (χ0v) is 74.0. The number of methoxy groups -OCH3 is 3. The minimum atomic E-state index is -2.49. The molecule has 124 heavy (non-hydrogen) atoms. The van der Waals surface area contributed by atoms with E-state index in [0.29, 0.717) is 190 Å². The second-order valence-electron chi connectivity index (χ2n) is 34.9. The summed E-state index contributed by atoms with van der Waals surface area (Å²) in [4.78, 5) is 160. The van der Waals surface area contributed by atoms with Crippen molar-refractivity contribution in [1.29, 1.82) is 0 Å². The Balaban J connectivity index is 0.589. The Bertz CT molecular complexity index is 4590. The van der Waals surface area contributed by atoms with Crippen LogP contribution in [0.1, 0.15) is 182 Å². The highest BCUT2D eigenvalue weighted by Crippen LogP contribution is 2.40. The minimum Gasteiger partial charge on any atom is -0.460 e. The summed E-state index contributed by atoms with van der Waals surface area (Å²) in [5.41, 5.74) is 11.2. The number of hydrogen-bond acceptors (Lipinski definition) is 27. The Morgan fingerprint density at radius 2 is 1.48 bits per heavy atom. The average Bonchev–Trinajstić information content (AvgIpc) is 1.56. The second-order valence-corrected chi connectivity index (χ2v) is 34.9. The van der Waals surface area contributed by atoms with Crippen LogP contribution in [0.25, 0.3) is 33.3 Å². The van der Waals surface area contributed by atoms with Gasteiger partial charge in [-0.1, -0.05) is 77.5 Å². The first kappa shape index (κ1) is 95.2. The lowest BCUT2D eigenvalue weighted by molar-refractivity contribution is -0.265. The van der Waals surface area contributed by atoms with Crippen molar-refractivity contribution in [3.8, 4) is 11.3 Å². The van der Waals surface area contributed by atoms with E-state index in [4.69, 9.17) is 44.0 Å². The number of rotatable bonds is 27. The molecule has 0 spiro atoms. The molecule has 2 bridgehead atoms. The summed E-state index contributed by atoms with van der Waals surface area (Å²) >= 11 is 0. The van der Waals surface area contributed by atoms with E-state index >= 15 is 0 Å². The van der Waals surface area contributed by atoms with Gasteiger partial charge in [-0.15, -0.1) is 0 Å². The van der Waals surface area contributed by atoms with Gasteiger partial charge in [0.25, 0.3) is 11.7 Å². The molecule has 0 aromatic carbocycles. The molecule has 0 unspecified atom stereocenters. The number of unbranched alkanes of at least 4 members (excludes halogenated alkanes) is 2. The van der Waals surface area contributed by atoms with Crippen LogP contribution in [-0.4, -0.2) is 277 Å². The van der Waals surface area contributed by atoms with Crippen molar-refractivity contribution in [3.05, 3.63) is 96.4 Å². The highest BCUT2D eigenvalue weighted by molar-refractivity contribution is 6.39. The molecular weight excluding hydrogens is 1590 g/mol. The third-order valence-corrected chi connectivity index (χ3v) is 25.9. The number of aromatic nitrogens is 8. The average molecular weight is 1720 g/mol. The number of hydrogen-bond donors (Lipinski definition) is 4. The zero-order valence-electron chi connectivity index (χ0n) is 74.0. The van der Waals surface area contributed by atoms with E-state index in [9.17, 15) is 53.4 Å². The van der Waals surface area contributed by atoms with Crippen LogP contribution in [-0.2, 0) is 89.3 Å². The summed E-state index contributed by atoms with van der Waals surface area (Å²) in [5.74, 6) is -8.15. The van der Waals surface area contributed by atoms with E-state index < -0.39 is 102 Å². The number of carbonyl (C=O) groups excluding carboxylic acids is 9. The minimum absolute atomic E-state index is 0.00852. The molecule has 1 aliphatic carbocycles. The van der Waals surface area contributed by atoms with Gasteiger partial charge in [-0.25, -0.2) is 34.4 Å². The number of nitrogens with two attached hydrogens (primary N) is 1. The number of pyridine rings is 1. The van der Waals surface area contributed by atoms with Gasteiger partial charge in [0.2, 0.25) is 23.5 Å².